The molecule has 4 rings (SSSR count). The molecule has 3 heterocycles. The molecular formula is C22H23N3O. The first-order chi connectivity index (χ1) is 12.7. The minimum Gasteiger partial charge on any atom is -0.350 e. The highest BCUT2D eigenvalue weighted by atomic mass is 16.2. The van der Waals surface area contributed by atoms with Crippen molar-refractivity contribution in [1.29, 1.82) is 0 Å². The van der Waals surface area contributed by atoms with Gasteiger partial charge in [0.05, 0.1) is 11.3 Å². The Hall–Kier alpha value is -2.88. The number of fused-ring (bicyclic) bond motifs is 1. The predicted molar refractivity (Wildman–Crippen MR) is 106 cm³/mol. The maximum absolute atomic E-state index is 12.6. The summed E-state index contributed by atoms with van der Waals surface area (Å²) in [5, 5.41) is 0. The van der Waals surface area contributed by atoms with Gasteiger partial charge >= 0.3 is 0 Å². The van der Waals surface area contributed by atoms with Gasteiger partial charge in [0.25, 0.3) is 5.91 Å². The highest BCUT2D eigenvalue weighted by Gasteiger charge is 2.21. The number of amides is 1. The summed E-state index contributed by atoms with van der Waals surface area (Å²) in [5.41, 5.74) is 5.08. The lowest BCUT2D eigenvalue weighted by Crippen LogP contribution is -2.37. The predicted octanol–water partition coefficient (Wildman–Crippen LogP) is 4.07. The highest BCUT2D eigenvalue weighted by Crippen LogP contribution is 2.31. The van der Waals surface area contributed by atoms with E-state index in [1.54, 1.807) is 0 Å². The molecule has 0 aliphatic carbocycles. The molecule has 4 heteroatoms. The van der Waals surface area contributed by atoms with Crippen molar-refractivity contribution < 1.29 is 4.79 Å². The standard InChI is InChI=1S/C22H23N3O/c1-24-16-18(22(26)25-13-5-2-6-14-25)10-12-19(24)11-9-17-15-23-21-8-4-3-7-20(17)21/h3-4,7-12,15-16H,2,5-6,13-14H2,1H3/b17-9+,19-11-. The summed E-state index contributed by atoms with van der Waals surface area (Å²) in [7, 11) is 1.98. The van der Waals surface area contributed by atoms with Crippen LogP contribution in [0.3, 0.4) is 0 Å². The van der Waals surface area contributed by atoms with Crippen molar-refractivity contribution in [3.8, 4) is 0 Å². The van der Waals surface area contributed by atoms with Crippen molar-refractivity contribution in [2.75, 3.05) is 20.1 Å². The smallest absolute Gasteiger partial charge is 0.255 e. The Kier molecular flexibility index (Phi) is 4.57. The monoisotopic (exact) mass is 345 g/mol. The second-order valence-electron chi connectivity index (χ2n) is 6.87. The third-order valence-corrected chi connectivity index (χ3v) is 5.06. The van der Waals surface area contributed by atoms with Gasteiger partial charge in [-0.15, -0.1) is 0 Å². The van der Waals surface area contributed by atoms with Gasteiger partial charge in [0.2, 0.25) is 0 Å². The Morgan fingerprint density at radius 1 is 1.08 bits per heavy atom. The Bertz CT molecular complexity index is 867. The lowest BCUT2D eigenvalue weighted by atomic mass is 10.1. The van der Waals surface area contributed by atoms with E-state index in [4.69, 9.17) is 0 Å². The highest BCUT2D eigenvalue weighted by molar-refractivity contribution is 6.16. The number of allylic oxidation sites excluding steroid dienone is 4. The van der Waals surface area contributed by atoms with E-state index in [-0.39, 0.29) is 5.91 Å². The second kappa shape index (κ2) is 7.16. The van der Waals surface area contributed by atoms with Gasteiger partial charge in [-0.3, -0.25) is 9.79 Å². The zero-order valence-electron chi connectivity index (χ0n) is 15.1. The number of likely N-dealkylation sites (N-methyl/N-ethyl adjacent to an activating group) is 1. The van der Waals surface area contributed by atoms with E-state index in [9.17, 15) is 4.79 Å². The summed E-state index contributed by atoms with van der Waals surface area (Å²) in [6, 6.07) is 8.14. The average Bonchev–Trinajstić information content (AvgIpc) is 3.10. The van der Waals surface area contributed by atoms with Crippen LogP contribution in [0.2, 0.25) is 0 Å². The van der Waals surface area contributed by atoms with Crippen molar-refractivity contribution in [3.05, 3.63) is 71.6 Å². The third kappa shape index (κ3) is 3.27. The first-order valence-electron chi connectivity index (χ1n) is 9.20. The van der Waals surface area contributed by atoms with Crippen molar-refractivity contribution >= 4 is 23.4 Å². The Morgan fingerprint density at radius 3 is 2.69 bits per heavy atom. The summed E-state index contributed by atoms with van der Waals surface area (Å²) < 4.78 is 0. The van der Waals surface area contributed by atoms with E-state index >= 15 is 0 Å². The number of benzene rings is 1. The zero-order chi connectivity index (χ0) is 17.9. The van der Waals surface area contributed by atoms with Crippen LogP contribution in [0, 0.1) is 0 Å². The van der Waals surface area contributed by atoms with Crippen LogP contribution in [-0.2, 0) is 4.79 Å². The number of carbonyl (C=O) groups is 1. The fourth-order valence-electron chi connectivity index (χ4n) is 3.55. The van der Waals surface area contributed by atoms with E-state index in [1.165, 1.54) is 6.42 Å². The Labute approximate surface area is 154 Å². The van der Waals surface area contributed by atoms with Crippen molar-refractivity contribution in [3.63, 3.8) is 0 Å². The summed E-state index contributed by atoms with van der Waals surface area (Å²) in [4.78, 5) is 21.0. The normalized spacial score (nSPS) is 22.1. The number of carbonyl (C=O) groups excluding carboxylic acids is 1. The van der Waals surface area contributed by atoms with Crippen LogP contribution in [0.25, 0.3) is 5.57 Å². The number of hydrogen-bond acceptors (Lipinski definition) is 3. The minimum absolute atomic E-state index is 0.141. The molecule has 0 radical (unpaired) electrons. The van der Waals surface area contributed by atoms with Crippen molar-refractivity contribution in [2.24, 2.45) is 4.99 Å². The molecule has 4 nitrogen and oxygen atoms in total. The molecule has 1 aromatic rings. The van der Waals surface area contributed by atoms with Gasteiger partial charge in [0.1, 0.15) is 0 Å². The number of rotatable bonds is 2. The first-order valence-corrected chi connectivity index (χ1v) is 9.20. The molecule has 0 saturated carbocycles. The summed E-state index contributed by atoms with van der Waals surface area (Å²) in [5.74, 6) is 0.141. The fourth-order valence-corrected chi connectivity index (χ4v) is 3.55. The molecule has 1 fully saturated rings. The Balaban J connectivity index is 1.49. The molecule has 1 aromatic carbocycles. The molecule has 0 atom stereocenters. The van der Waals surface area contributed by atoms with Gasteiger partial charge in [-0.1, -0.05) is 24.3 Å². The van der Waals surface area contributed by atoms with Crippen LogP contribution in [0.5, 0.6) is 0 Å². The molecule has 0 N–H and O–H groups in total. The quantitative estimate of drug-likeness (QED) is 0.810. The summed E-state index contributed by atoms with van der Waals surface area (Å²) >= 11 is 0. The average molecular weight is 345 g/mol. The number of para-hydroxylation sites is 1. The molecule has 132 valence electrons. The van der Waals surface area contributed by atoms with Gasteiger partial charge in [-0.05, 0) is 43.6 Å². The molecule has 1 saturated heterocycles. The van der Waals surface area contributed by atoms with Gasteiger partial charge in [-0.2, -0.15) is 0 Å². The molecule has 0 spiro atoms. The molecule has 26 heavy (non-hydrogen) atoms. The van der Waals surface area contributed by atoms with Gasteiger partial charge in [0.15, 0.2) is 0 Å². The van der Waals surface area contributed by atoms with Crippen LogP contribution in [0.1, 0.15) is 24.8 Å². The largest absolute Gasteiger partial charge is 0.350 e. The summed E-state index contributed by atoms with van der Waals surface area (Å²) in [6.07, 6.45) is 15.4. The van der Waals surface area contributed by atoms with Crippen LogP contribution in [0.4, 0.5) is 5.69 Å². The van der Waals surface area contributed by atoms with Crippen molar-refractivity contribution in [2.45, 2.75) is 19.3 Å². The third-order valence-electron chi connectivity index (χ3n) is 5.06. The van der Waals surface area contributed by atoms with Crippen LogP contribution in [0.15, 0.2) is 71.0 Å². The number of nitrogens with zero attached hydrogens (tertiary/aromatic N) is 3. The number of aliphatic imine (C=N–C) groups is 1. The summed E-state index contributed by atoms with van der Waals surface area (Å²) in [6.45, 7) is 1.75. The number of likely N-dealkylation sites (tertiary alicyclic amines) is 1. The lowest BCUT2D eigenvalue weighted by Gasteiger charge is -2.29. The second-order valence-corrected chi connectivity index (χ2v) is 6.87. The Morgan fingerprint density at radius 2 is 1.88 bits per heavy atom. The van der Waals surface area contributed by atoms with Crippen LogP contribution >= 0.6 is 0 Å². The van der Waals surface area contributed by atoms with E-state index in [1.807, 2.05) is 59.6 Å². The van der Waals surface area contributed by atoms with E-state index < -0.39 is 0 Å². The van der Waals surface area contributed by atoms with Gasteiger partial charge in [0, 0.05) is 49.4 Å². The zero-order valence-corrected chi connectivity index (χ0v) is 15.1. The first kappa shape index (κ1) is 16.6. The maximum Gasteiger partial charge on any atom is 0.255 e. The fraction of sp³-hybridized carbons (Fsp3) is 0.273. The molecule has 3 aliphatic rings. The molecule has 1 amide bonds. The van der Waals surface area contributed by atoms with Crippen molar-refractivity contribution in [1.82, 2.24) is 9.80 Å². The minimum atomic E-state index is 0.141. The van der Waals surface area contributed by atoms with E-state index in [0.717, 1.165) is 54.0 Å². The molecule has 3 aliphatic heterocycles. The SMILES string of the molecule is CN1C=C(C(=O)N2CCCCC2)C=C/C1=C/C=C1\C=Nc2ccccc21. The molecule has 0 unspecified atom stereocenters. The topological polar surface area (TPSA) is 35.9 Å². The lowest BCUT2D eigenvalue weighted by molar-refractivity contribution is -0.127. The van der Waals surface area contributed by atoms with Crippen LogP contribution < -0.4 is 0 Å². The van der Waals surface area contributed by atoms with E-state index in [0.29, 0.717) is 0 Å². The van der Waals surface area contributed by atoms with Gasteiger partial charge < -0.3 is 9.80 Å². The maximum atomic E-state index is 12.6. The van der Waals surface area contributed by atoms with Gasteiger partial charge in [-0.25, -0.2) is 0 Å². The molecule has 0 bridgehead atoms. The molecular weight excluding hydrogens is 322 g/mol. The number of piperidine rings is 1. The number of hydrogen-bond donors (Lipinski definition) is 0. The van der Waals surface area contributed by atoms with E-state index in [2.05, 4.69) is 23.2 Å². The molecule has 0 aromatic heterocycles. The van der Waals surface area contributed by atoms with Crippen LogP contribution in [-0.4, -0.2) is 42.1 Å².